The van der Waals surface area contributed by atoms with Gasteiger partial charge in [0.15, 0.2) is 0 Å². The van der Waals surface area contributed by atoms with Crippen molar-refractivity contribution < 1.29 is 9.47 Å². The molecule has 0 amide bonds. The van der Waals surface area contributed by atoms with Gasteiger partial charge in [-0.25, -0.2) is 4.98 Å². The normalized spacial score (nSPS) is 10.7. The van der Waals surface area contributed by atoms with E-state index in [4.69, 9.17) is 21.1 Å². The molecule has 0 atom stereocenters. The molecule has 0 aliphatic rings. The Morgan fingerprint density at radius 2 is 2.17 bits per heavy atom. The van der Waals surface area contributed by atoms with Gasteiger partial charge in [-0.2, -0.15) is 0 Å². The minimum atomic E-state index is 0.114. The van der Waals surface area contributed by atoms with Gasteiger partial charge in [-0.3, -0.25) is 0 Å². The lowest BCUT2D eigenvalue weighted by atomic mass is 10.3. The summed E-state index contributed by atoms with van der Waals surface area (Å²) < 4.78 is 12.0. The first-order valence-electron chi connectivity index (χ1n) is 5.30. The van der Waals surface area contributed by atoms with Crippen molar-refractivity contribution in [2.24, 2.45) is 0 Å². The van der Waals surface area contributed by atoms with Crippen LogP contribution in [0.4, 0.5) is 0 Å². The molecule has 2 aromatic rings. The molecular formula is C12H11BrClNO2S. The lowest BCUT2D eigenvalue weighted by molar-refractivity contribution is 0.242. The van der Waals surface area contributed by atoms with E-state index >= 15 is 0 Å². The van der Waals surface area contributed by atoms with Crippen LogP contribution in [0.2, 0.25) is 5.02 Å². The van der Waals surface area contributed by atoms with E-state index in [0.29, 0.717) is 16.0 Å². The summed E-state index contributed by atoms with van der Waals surface area (Å²) in [7, 11) is 0. The summed E-state index contributed by atoms with van der Waals surface area (Å²) in [5.41, 5.74) is 0. The summed E-state index contributed by atoms with van der Waals surface area (Å²) in [5.74, 6) is 1.29. The maximum atomic E-state index is 6.13. The molecule has 0 aliphatic carbocycles. The average Bonchev–Trinajstić information content (AvgIpc) is 2.67. The quantitative estimate of drug-likeness (QED) is 0.766. The van der Waals surface area contributed by atoms with Crippen molar-refractivity contribution in [2.45, 2.75) is 20.0 Å². The van der Waals surface area contributed by atoms with Crippen molar-refractivity contribution in [1.29, 1.82) is 0 Å². The van der Waals surface area contributed by atoms with Crippen LogP contribution in [0.3, 0.4) is 0 Å². The average molecular weight is 349 g/mol. The molecule has 18 heavy (non-hydrogen) atoms. The van der Waals surface area contributed by atoms with Crippen molar-refractivity contribution in [3.05, 3.63) is 33.2 Å². The third-order valence-corrected chi connectivity index (χ3v) is 3.58. The maximum absolute atomic E-state index is 6.13. The minimum Gasteiger partial charge on any atom is -0.491 e. The van der Waals surface area contributed by atoms with Gasteiger partial charge in [0.05, 0.1) is 21.1 Å². The second-order valence-corrected chi connectivity index (χ2v) is 6.57. The van der Waals surface area contributed by atoms with Crippen LogP contribution in [-0.2, 0) is 0 Å². The third kappa shape index (κ3) is 3.60. The van der Waals surface area contributed by atoms with Crippen molar-refractivity contribution in [1.82, 2.24) is 4.98 Å². The van der Waals surface area contributed by atoms with Gasteiger partial charge < -0.3 is 9.47 Å². The van der Waals surface area contributed by atoms with Crippen LogP contribution in [0.15, 0.2) is 28.2 Å². The van der Waals surface area contributed by atoms with E-state index in [1.54, 1.807) is 18.3 Å². The number of aromatic nitrogens is 1. The monoisotopic (exact) mass is 347 g/mol. The Kier molecular flexibility index (Phi) is 4.48. The van der Waals surface area contributed by atoms with Crippen LogP contribution in [0, 0.1) is 0 Å². The van der Waals surface area contributed by atoms with Gasteiger partial charge in [0.1, 0.15) is 11.5 Å². The van der Waals surface area contributed by atoms with Gasteiger partial charge in [-0.05, 0) is 41.9 Å². The van der Waals surface area contributed by atoms with Crippen molar-refractivity contribution >= 4 is 38.9 Å². The molecule has 0 unspecified atom stereocenters. The Hall–Kier alpha value is -0.780. The molecule has 0 saturated carbocycles. The Balaban J connectivity index is 2.14. The summed E-state index contributed by atoms with van der Waals surface area (Å²) in [6, 6.07) is 5.33. The molecule has 96 valence electrons. The first-order chi connectivity index (χ1) is 8.54. The molecule has 6 heteroatoms. The molecule has 0 saturated heterocycles. The van der Waals surface area contributed by atoms with Crippen LogP contribution in [-0.4, -0.2) is 11.1 Å². The van der Waals surface area contributed by atoms with Gasteiger partial charge in [0.2, 0.25) is 0 Å². The van der Waals surface area contributed by atoms with E-state index in [-0.39, 0.29) is 6.10 Å². The number of ether oxygens (including phenoxy) is 2. The zero-order chi connectivity index (χ0) is 13.1. The SMILES string of the molecule is CC(C)Oc1ccc(Oc2ncc(Br)s2)c(Cl)c1. The number of nitrogens with zero attached hydrogens (tertiary/aromatic N) is 1. The van der Waals surface area contributed by atoms with E-state index in [1.807, 2.05) is 19.9 Å². The van der Waals surface area contributed by atoms with Crippen LogP contribution in [0.1, 0.15) is 13.8 Å². The van der Waals surface area contributed by atoms with Crippen molar-refractivity contribution in [3.63, 3.8) is 0 Å². The van der Waals surface area contributed by atoms with Gasteiger partial charge in [-0.1, -0.05) is 22.9 Å². The Labute approximate surface area is 123 Å². The zero-order valence-corrected chi connectivity index (χ0v) is 13.0. The largest absolute Gasteiger partial charge is 0.491 e. The Bertz CT molecular complexity index is 545. The molecule has 1 aromatic heterocycles. The van der Waals surface area contributed by atoms with Crippen molar-refractivity contribution in [3.8, 4) is 16.7 Å². The molecule has 0 N–H and O–H groups in total. The third-order valence-electron chi connectivity index (χ3n) is 1.93. The molecule has 2 rings (SSSR count). The van der Waals surface area contributed by atoms with E-state index in [9.17, 15) is 0 Å². The molecule has 0 spiro atoms. The fourth-order valence-corrected chi connectivity index (χ4v) is 2.53. The highest BCUT2D eigenvalue weighted by molar-refractivity contribution is 9.11. The van der Waals surface area contributed by atoms with Crippen LogP contribution < -0.4 is 9.47 Å². The maximum Gasteiger partial charge on any atom is 0.279 e. The number of benzene rings is 1. The molecule has 1 heterocycles. The predicted molar refractivity (Wildman–Crippen MR) is 77.1 cm³/mol. The van der Waals surface area contributed by atoms with E-state index in [2.05, 4.69) is 20.9 Å². The topological polar surface area (TPSA) is 31.4 Å². The second-order valence-electron chi connectivity index (χ2n) is 3.79. The summed E-state index contributed by atoms with van der Waals surface area (Å²) >= 11 is 10.9. The summed E-state index contributed by atoms with van der Waals surface area (Å²) in [6.07, 6.45) is 1.80. The fourth-order valence-electron chi connectivity index (χ4n) is 1.29. The van der Waals surface area contributed by atoms with Gasteiger partial charge in [0.25, 0.3) is 5.19 Å². The van der Waals surface area contributed by atoms with E-state index < -0.39 is 0 Å². The zero-order valence-electron chi connectivity index (χ0n) is 9.81. The van der Waals surface area contributed by atoms with E-state index in [1.165, 1.54) is 11.3 Å². The number of thiazole rings is 1. The summed E-state index contributed by atoms with van der Waals surface area (Å²) in [6.45, 7) is 3.93. The molecule has 1 aromatic carbocycles. The highest BCUT2D eigenvalue weighted by Gasteiger charge is 2.08. The van der Waals surface area contributed by atoms with Gasteiger partial charge in [-0.15, -0.1) is 0 Å². The van der Waals surface area contributed by atoms with Crippen LogP contribution >= 0.6 is 38.9 Å². The molecule has 0 fully saturated rings. The van der Waals surface area contributed by atoms with Gasteiger partial charge >= 0.3 is 0 Å². The molecular weight excluding hydrogens is 338 g/mol. The summed E-state index contributed by atoms with van der Waals surface area (Å²) in [4.78, 5) is 4.08. The first kappa shape index (κ1) is 13.6. The molecule has 0 bridgehead atoms. The standard InChI is InChI=1S/C12H11BrClNO2S/c1-7(2)16-8-3-4-10(9(14)5-8)17-12-15-6-11(13)18-12/h3-7H,1-2H3. The van der Waals surface area contributed by atoms with Crippen LogP contribution in [0.5, 0.6) is 16.7 Å². The highest BCUT2D eigenvalue weighted by Crippen LogP contribution is 2.35. The molecule has 0 radical (unpaired) electrons. The highest BCUT2D eigenvalue weighted by atomic mass is 79.9. The number of hydrogen-bond acceptors (Lipinski definition) is 4. The Morgan fingerprint density at radius 3 is 2.72 bits per heavy atom. The van der Waals surface area contributed by atoms with Gasteiger partial charge in [0, 0.05) is 6.07 Å². The number of halogens is 2. The number of hydrogen-bond donors (Lipinski definition) is 0. The summed E-state index contributed by atoms with van der Waals surface area (Å²) in [5, 5.41) is 1.04. The minimum absolute atomic E-state index is 0.114. The molecule has 3 nitrogen and oxygen atoms in total. The predicted octanol–water partition coefficient (Wildman–Crippen LogP) is 5.14. The smallest absolute Gasteiger partial charge is 0.279 e. The Morgan fingerprint density at radius 1 is 1.39 bits per heavy atom. The molecule has 0 aliphatic heterocycles. The fraction of sp³-hybridized carbons (Fsp3) is 0.250. The number of rotatable bonds is 4. The van der Waals surface area contributed by atoms with Crippen molar-refractivity contribution in [2.75, 3.05) is 0 Å². The first-order valence-corrected chi connectivity index (χ1v) is 7.28. The lowest BCUT2D eigenvalue weighted by Crippen LogP contribution is -2.05. The van der Waals surface area contributed by atoms with Crippen LogP contribution in [0.25, 0.3) is 0 Å². The lowest BCUT2D eigenvalue weighted by Gasteiger charge is -2.11. The van der Waals surface area contributed by atoms with E-state index in [0.717, 1.165) is 9.54 Å². The second kappa shape index (κ2) is 5.91.